The molecule has 2 rings (SSSR count). The summed E-state index contributed by atoms with van der Waals surface area (Å²) in [4.78, 5) is 11.7. The number of nitrogens with two attached hydrogens (primary N) is 1. The van der Waals surface area contributed by atoms with Crippen molar-refractivity contribution in [2.45, 2.75) is 13.0 Å². The maximum absolute atomic E-state index is 11.7. The van der Waals surface area contributed by atoms with Gasteiger partial charge in [-0.05, 0) is 39.6 Å². The van der Waals surface area contributed by atoms with Gasteiger partial charge in [0.05, 0.1) is 6.04 Å². The lowest BCUT2D eigenvalue weighted by atomic mass is 10.2. The molecule has 2 aromatic heterocycles. The maximum atomic E-state index is 11.7. The average Bonchev–Trinajstić information content (AvgIpc) is 2.86. The first-order valence-corrected chi connectivity index (χ1v) is 5.53. The van der Waals surface area contributed by atoms with Gasteiger partial charge in [-0.1, -0.05) is 0 Å². The van der Waals surface area contributed by atoms with Crippen molar-refractivity contribution >= 4 is 23.1 Å². The minimum absolute atomic E-state index is 0.00461. The summed E-state index contributed by atoms with van der Waals surface area (Å²) >= 11 is 1.57. The predicted molar refractivity (Wildman–Crippen MR) is 58.9 cm³/mol. The number of anilines is 1. The fraction of sp³-hybridized carbons (Fsp3) is 0.222. The zero-order valence-electron chi connectivity index (χ0n) is 8.51. The van der Waals surface area contributed by atoms with Crippen molar-refractivity contribution in [2.24, 2.45) is 0 Å². The summed E-state index contributed by atoms with van der Waals surface area (Å²) in [5.74, 6) is -0.396. The van der Waals surface area contributed by atoms with Crippen molar-refractivity contribution < 1.29 is 9.42 Å². The van der Waals surface area contributed by atoms with E-state index in [9.17, 15) is 4.79 Å². The largest absolute Gasteiger partial charge is 0.379 e. The van der Waals surface area contributed by atoms with Crippen molar-refractivity contribution in [3.8, 4) is 0 Å². The summed E-state index contributed by atoms with van der Waals surface area (Å²) in [6.45, 7) is 1.88. The van der Waals surface area contributed by atoms with Gasteiger partial charge in [0.2, 0.25) is 11.5 Å². The Balaban J connectivity index is 2.06. The highest BCUT2D eigenvalue weighted by atomic mass is 32.1. The molecule has 0 saturated carbocycles. The number of amides is 1. The summed E-state index contributed by atoms with van der Waals surface area (Å²) < 4.78 is 4.35. The maximum Gasteiger partial charge on any atom is 0.277 e. The van der Waals surface area contributed by atoms with E-state index in [0.29, 0.717) is 0 Å². The fourth-order valence-electron chi connectivity index (χ4n) is 1.22. The molecular formula is C9H10N4O2S. The SMILES string of the molecule is CC(NC(=O)c1nonc1N)c1ccsc1. The summed E-state index contributed by atoms with van der Waals surface area (Å²) in [5.41, 5.74) is 6.46. The van der Waals surface area contributed by atoms with E-state index >= 15 is 0 Å². The highest BCUT2D eigenvalue weighted by molar-refractivity contribution is 7.07. The third kappa shape index (κ3) is 2.03. The summed E-state index contributed by atoms with van der Waals surface area (Å²) in [7, 11) is 0. The molecule has 6 nitrogen and oxygen atoms in total. The number of nitrogens with one attached hydrogen (secondary N) is 1. The van der Waals surface area contributed by atoms with Gasteiger partial charge in [-0.2, -0.15) is 11.3 Å². The number of carbonyl (C=O) groups is 1. The van der Waals surface area contributed by atoms with Crippen LogP contribution in [0.15, 0.2) is 21.5 Å². The van der Waals surface area contributed by atoms with E-state index in [1.54, 1.807) is 11.3 Å². The first-order chi connectivity index (χ1) is 7.68. The Labute approximate surface area is 95.4 Å². The fourth-order valence-corrected chi connectivity index (χ4v) is 1.98. The van der Waals surface area contributed by atoms with Crippen LogP contribution in [-0.2, 0) is 0 Å². The van der Waals surface area contributed by atoms with Crippen LogP contribution >= 0.6 is 11.3 Å². The molecule has 0 aliphatic carbocycles. The van der Waals surface area contributed by atoms with Crippen molar-refractivity contribution in [2.75, 3.05) is 5.73 Å². The molecule has 0 bridgehead atoms. The normalized spacial score (nSPS) is 12.3. The van der Waals surface area contributed by atoms with Crippen LogP contribution in [0, 0.1) is 0 Å². The van der Waals surface area contributed by atoms with E-state index in [4.69, 9.17) is 5.73 Å². The molecule has 2 aromatic rings. The second-order valence-corrected chi connectivity index (χ2v) is 4.03. The Kier molecular flexibility index (Phi) is 2.86. The van der Waals surface area contributed by atoms with Gasteiger partial charge < -0.3 is 11.1 Å². The third-order valence-electron chi connectivity index (χ3n) is 2.12. The van der Waals surface area contributed by atoms with Crippen molar-refractivity contribution in [1.29, 1.82) is 0 Å². The zero-order chi connectivity index (χ0) is 11.5. The molecule has 0 spiro atoms. The molecule has 1 unspecified atom stereocenters. The van der Waals surface area contributed by atoms with Crippen LogP contribution in [-0.4, -0.2) is 16.2 Å². The van der Waals surface area contributed by atoms with Gasteiger partial charge in [-0.25, -0.2) is 4.63 Å². The van der Waals surface area contributed by atoms with E-state index < -0.39 is 5.91 Å². The number of hydrogen-bond acceptors (Lipinski definition) is 6. The van der Waals surface area contributed by atoms with Crippen molar-refractivity contribution in [1.82, 2.24) is 15.6 Å². The minimum Gasteiger partial charge on any atom is -0.379 e. The van der Waals surface area contributed by atoms with E-state index in [1.807, 2.05) is 23.8 Å². The average molecular weight is 238 g/mol. The molecule has 1 amide bonds. The molecule has 0 saturated heterocycles. The Morgan fingerprint density at radius 3 is 3.00 bits per heavy atom. The van der Waals surface area contributed by atoms with Gasteiger partial charge in [0, 0.05) is 0 Å². The van der Waals surface area contributed by atoms with Crippen LogP contribution in [0.25, 0.3) is 0 Å². The Hall–Kier alpha value is -1.89. The Bertz CT molecular complexity index is 479. The number of rotatable bonds is 3. The highest BCUT2D eigenvalue weighted by Gasteiger charge is 2.18. The van der Waals surface area contributed by atoms with Crippen molar-refractivity contribution in [3.63, 3.8) is 0 Å². The lowest BCUT2D eigenvalue weighted by Gasteiger charge is -2.10. The molecule has 84 valence electrons. The molecule has 1 atom stereocenters. The van der Waals surface area contributed by atoms with Gasteiger partial charge in [-0.15, -0.1) is 0 Å². The van der Waals surface area contributed by atoms with Crippen LogP contribution < -0.4 is 11.1 Å². The highest BCUT2D eigenvalue weighted by Crippen LogP contribution is 2.16. The van der Waals surface area contributed by atoms with Crippen LogP contribution in [0.2, 0.25) is 0 Å². The molecule has 0 aliphatic heterocycles. The number of nitrogen functional groups attached to an aromatic ring is 1. The third-order valence-corrected chi connectivity index (χ3v) is 2.82. The Morgan fingerprint density at radius 2 is 2.44 bits per heavy atom. The first kappa shape index (κ1) is 10.6. The number of carbonyl (C=O) groups excluding carboxylic acids is 1. The number of aromatic nitrogens is 2. The molecule has 7 heteroatoms. The van der Waals surface area contributed by atoms with E-state index in [2.05, 4.69) is 20.3 Å². The number of hydrogen-bond donors (Lipinski definition) is 2. The molecule has 0 fully saturated rings. The topological polar surface area (TPSA) is 94.0 Å². The van der Waals surface area contributed by atoms with Gasteiger partial charge in [0.15, 0.2) is 0 Å². The molecule has 3 N–H and O–H groups in total. The lowest BCUT2D eigenvalue weighted by molar-refractivity contribution is 0.0930. The predicted octanol–water partition coefficient (Wildman–Crippen LogP) is 1.20. The molecule has 0 aliphatic rings. The van der Waals surface area contributed by atoms with E-state index in [-0.39, 0.29) is 17.6 Å². The van der Waals surface area contributed by atoms with Gasteiger partial charge in [0.1, 0.15) is 0 Å². The van der Waals surface area contributed by atoms with Crippen LogP contribution in [0.5, 0.6) is 0 Å². The lowest BCUT2D eigenvalue weighted by Crippen LogP contribution is -2.27. The number of thiophene rings is 1. The van der Waals surface area contributed by atoms with Gasteiger partial charge in [0.25, 0.3) is 5.91 Å². The monoisotopic (exact) mass is 238 g/mol. The quantitative estimate of drug-likeness (QED) is 0.838. The van der Waals surface area contributed by atoms with Crippen LogP contribution in [0.3, 0.4) is 0 Å². The smallest absolute Gasteiger partial charge is 0.277 e. The van der Waals surface area contributed by atoms with Crippen molar-refractivity contribution in [3.05, 3.63) is 28.1 Å². The van der Waals surface area contributed by atoms with Gasteiger partial charge in [-0.3, -0.25) is 4.79 Å². The van der Waals surface area contributed by atoms with Gasteiger partial charge >= 0.3 is 0 Å². The summed E-state index contributed by atoms with van der Waals surface area (Å²) in [6, 6.07) is 1.84. The molecule has 0 radical (unpaired) electrons. The zero-order valence-corrected chi connectivity index (χ0v) is 9.32. The summed E-state index contributed by atoms with van der Waals surface area (Å²) in [6.07, 6.45) is 0. The molecule has 0 aromatic carbocycles. The van der Waals surface area contributed by atoms with E-state index in [1.165, 1.54) is 0 Å². The Morgan fingerprint density at radius 1 is 1.62 bits per heavy atom. The minimum atomic E-state index is -0.391. The van der Waals surface area contributed by atoms with E-state index in [0.717, 1.165) is 5.56 Å². The second-order valence-electron chi connectivity index (χ2n) is 3.25. The molecular weight excluding hydrogens is 228 g/mol. The number of nitrogens with zero attached hydrogens (tertiary/aromatic N) is 2. The first-order valence-electron chi connectivity index (χ1n) is 4.59. The van der Waals surface area contributed by atoms with Crippen LogP contribution in [0.1, 0.15) is 29.0 Å². The molecule has 2 heterocycles. The standard InChI is InChI=1S/C9H10N4O2S/c1-5(6-2-3-16-4-6)11-9(14)7-8(10)13-15-12-7/h2-5H,1H3,(H2,10,13)(H,11,14). The van der Waals surface area contributed by atoms with Crippen LogP contribution in [0.4, 0.5) is 5.82 Å². The summed E-state index contributed by atoms with van der Waals surface area (Å²) in [5, 5.41) is 13.4. The molecule has 16 heavy (non-hydrogen) atoms. The second kappa shape index (κ2) is 4.31.